The van der Waals surface area contributed by atoms with Gasteiger partial charge in [0.05, 0.1) is 6.61 Å². The molecule has 0 saturated heterocycles. The number of halogens is 1. The Kier molecular flexibility index (Phi) is 5.80. The lowest BCUT2D eigenvalue weighted by atomic mass is 10.3. The molecule has 0 aliphatic rings. The lowest BCUT2D eigenvalue weighted by molar-refractivity contribution is -0.139. The molecule has 0 saturated carbocycles. The summed E-state index contributed by atoms with van der Waals surface area (Å²) >= 11 is 5.74. The van der Waals surface area contributed by atoms with Gasteiger partial charge in [-0.15, -0.1) is 0 Å². The van der Waals surface area contributed by atoms with Crippen LogP contribution in [0.25, 0.3) is 0 Å². The maximum atomic E-state index is 10.5. The molecule has 0 unspecified atom stereocenters. The van der Waals surface area contributed by atoms with Gasteiger partial charge in [-0.1, -0.05) is 11.6 Å². The van der Waals surface area contributed by atoms with E-state index in [0.717, 1.165) is 12.2 Å². The molecule has 1 aromatic rings. The number of rotatable bonds is 7. The Morgan fingerprint density at radius 1 is 1.47 bits per heavy atom. The Bertz CT molecular complexity index is 353. The second kappa shape index (κ2) is 7.14. The minimum Gasteiger partial charge on any atom is -0.494 e. The Morgan fingerprint density at radius 3 is 2.71 bits per heavy atom. The average Bonchev–Trinajstić information content (AvgIpc) is 2.30. The average molecular weight is 258 g/mol. The summed E-state index contributed by atoms with van der Waals surface area (Å²) in [7, 11) is 0. The Morgan fingerprint density at radius 2 is 2.12 bits per heavy atom. The molecule has 94 valence electrons. The fraction of sp³-hybridized carbons (Fsp3) is 0.417. The van der Waals surface area contributed by atoms with Crippen LogP contribution in [0, 0.1) is 0 Å². The van der Waals surface area contributed by atoms with Crippen molar-refractivity contribution < 1.29 is 14.6 Å². The van der Waals surface area contributed by atoms with Crippen molar-refractivity contribution >= 4 is 17.6 Å². The highest BCUT2D eigenvalue weighted by Gasteiger charge is 2.08. The number of hydrogen-bond donors (Lipinski definition) is 2. The van der Waals surface area contributed by atoms with Gasteiger partial charge in [-0.3, -0.25) is 4.79 Å². The largest absolute Gasteiger partial charge is 0.494 e. The predicted molar refractivity (Wildman–Crippen MR) is 66.7 cm³/mol. The van der Waals surface area contributed by atoms with E-state index in [0.29, 0.717) is 18.2 Å². The van der Waals surface area contributed by atoms with Crippen LogP contribution in [0.2, 0.25) is 5.02 Å². The molecule has 0 aliphatic carbocycles. The molecule has 0 fully saturated rings. The van der Waals surface area contributed by atoms with Crippen molar-refractivity contribution in [1.82, 2.24) is 5.32 Å². The Balaban J connectivity index is 2.12. The van der Waals surface area contributed by atoms with Gasteiger partial charge in [-0.05, 0) is 44.2 Å². The second-order valence-electron chi connectivity index (χ2n) is 3.67. The van der Waals surface area contributed by atoms with Crippen LogP contribution in [0.1, 0.15) is 13.3 Å². The summed E-state index contributed by atoms with van der Waals surface area (Å²) in [5, 5.41) is 12.2. The molecule has 0 spiro atoms. The highest BCUT2D eigenvalue weighted by Crippen LogP contribution is 2.15. The summed E-state index contributed by atoms with van der Waals surface area (Å²) in [6, 6.07) is 6.61. The summed E-state index contributed by atoms with van der Waals surface area (Å²) in [4.78, 5) is 10.5. The number of nitrogens with one attached hydrogen (secondary N) is 1. The first-order valence-corrected chi connectivity index (χ1v) is 5.82. The second-order valence-corrected chi connectivity index (χ2v) is 4.11. The lowest BCUT2D eigenvalue weighted by Crippen LogP contribution is -2.34. The molecular weight excluding hydrogens is 242 g/mol. The van der Waals surface area contributed by atoms with E-state index in [9.17, 15) is 4.79 Å². The van der Waals surface area contributed by atoms with Crippen LogP contribution in [0.3, 0.4) is 0 Å². The van der Waals surface area contributed by atoms with Crippen molar-refractivity contribution in [1.29, 1.82) is 0 Å². The maximum absolute atomic E-state index is 10.5. The van der Waals surface area contributed by atoms with Crippen molar-refractivity contribution in [3.05, 3.63) is 29.3 Å². The van der Waals surface area contributed by atoms with E-state index in [-0.39, 0.29) is 0 Å². The molecule has 0 heterocycles. The van der Waals surface area contributed by atoms with Crippen LogP contribution in [-0.2, 0) is 4.79 Å². The zero-order valence-electron chi connectivity index (χ0n) is 9.65. The van der Waals surface area contributed by atoms with Crippen LogP contribution in [0.5, 0.6) is 5.75 Å². The summed E-state index contributed by atoms with van der Waals surface area (Å²) in [6.45, 7) is 2.77. The van der Waals surface area contributed by atoms with Crippen molar-refractivity contribution in [3.8, 4) is 5.75 Å². The fourth-order valence-electron chi connectivity index (χ4n) is 1.20. The molecule has 4 nitrogen and oxygen atoms in total. The van der Waals surface area contributed by atoms with Crippen LogP contribution >= 0.6 is 11.6 Å². The predicted octanol–water partition coefficient (Wildman–Crippen LogP) is 2.17. The van der Waals surface area contributed by atoms with Gasteiger partial charge in [0.2, 0.25) is 0 Å². The summed E-state index contributed by atoms with van der Waals surface area (Å²) < 4.78 is 5.46. The van der Waals surface area contributed by atoms with Gasteiger partial charge < -0.3 is 15.2 Å². The molecule has 0 bridgehead atoms. The molecule has 0 aromatic heterocycles. The number of carboxylic acids is 1. The number of hydrogen-bond acceptors (Lipinski definition) is 3. The fourth-order valence-corrected chi connectivity index (χ4v) is 1.32. The number of ether oxygens (including phenoxy) is 1. The third-order valence-corrected chi connectivity index (χ3v) is 2.48. The normalized spacial score (nSPS) is 12.1. The molecule has 17 heavy (non-hydrogen) atoms. The van der Waals surface area contributed by atoms with Crippen LogP contribution < -0.4 is 10.1 Å². The van der Waals surface area contributed by atoms with Crippen molar-refractivity contribution in [2.45, 2.75) is 19.4 Å². The molecular formula is C12H16ClNO3. The molecule has 1 rings (SSSR count). The van der Waals surface area contributed by atoms with E-state index in [1.807, 2.05) is 0 Å². The first-order chi connectivity index (χ1) is 8.09. The summed E-state index contributed by atoms with van der Waals surface area (Å²) in [5.74, 6) is -0.0793. The Labute approximate surface area is 106 Å². The van der Waals surface area contributed by atoms with Gasteiger partial charge in [-0.25, -0.2) is 0 Å². The number of carboxylic acid groups (broad SMARTS) is 1. The quantitative estimate of drug-likeness (QED) is 0.735. The van der Waals surface area contributed by atoms with Gasteiger partial charge in [0.15, 0.2) is 0 Å². The highest BCUT2D eigenvalue weighted by atomic mass is 35.5. The standard InChI is InChI=1S/C12H16ClNO3/c1-9(12(15)16)14-7-2-8-17-11-5-3-10(13)4-6-11/h3-6,9,14H,2,7-8H2,1H3,(H,15,16)/t9-/m1/s1. The van der Waals surface area contributed by atoms with Gasteiger partial charge >= 0.3 is 5.97 Å². The topological polar surface area (TPSA) is 58.6 Å². The van der Waals surface area contributed by atoms with E-state index >= 15 is 0 Å². The third-order valence-electron chi connectivity index (χ3n) is 2.22. The zero-order valence-corrected chi connectivity index (χ0v) is 10.4. The van der Waals surface area contributed by atoms with Gasteiger partial charge in [0, 0.05) is 5.02 Å². The monoisotopic (exact) mass is 257 g/mol. The van der Waals surface area contributed by atoms with Crippen molar-refractivity contribution in [2.24, 2.45) is 0 Å². The van der Waals surface area contributed by atoms with Gasteiger partial charge in [0.1, 0.15) is 11.8 Å². The minimum atomic E-state index is -0.844. The molecule has 1 aromatic carbocycles. The smallest absolute Gasteiger partial charge is 0.320 e. The van der Waals surface area contributed by atoms with E-state index in [1.165, 1.54) is 0 Å². The molecule has 0 aliphatic heterocycles. The minimum absolute atomic E-state index is 0.523. The Hall–Kier alpha value is -1.26. The summed E-state index contributed by atoms with van der Waals surface area (Å²) in [5.41, 5.74) is 0. The molecule has 2 N–H and O–H groups in total. The summed E-state index contributed by atoms with van der Waals surface area (Å²) in [6.07, 6.45) is 0.750. The highest BCUT2D eigenvalue weighted by molar-refractivity contribution is 6.30. The lowest BCUT2D eigenvalue weighted by Gasteiger charge is -2.09. The van der Waals surface area contributed by atoms with Crippen LogP contribution in [-0.4, -0.2) is 30.3 Å². The number of benzene rings is 1. The first kappa shape index (κ1) is 13.8. The van der Waals surface area contributed by atoms with Gasteiger partial charge in [-0.2, -0.15) is 0 Å². The first-order valence-electron chi connectivity index (χ1n) is 5.44. The zero-order chi connectivity index (χ0) is 12.7. The van der Waals surface area contributed by atoms with Crippen LogP contribution in [0.4, 0.5) is 0 Å². The van der Waals surface area contributed by atoms with E-state index < -0.39 is 12.0 Å². The number of aliphatic carboxylic acids is 1. The maximum Gasteiger partial charge on any atom is 0.320 e. The molecule has 5 heteroatoms. The molecule has 0 amide bonds. The van der Waals surface area contributed by atoms with Crippen molar-refractivity contribution in [3.63, 3.8) is 0 Å². The van der Waals surface area contributed by atoms with Gasteiger partial charge in [0.25, 0.3) is 0 Å². The van der Waals surface area contributed by atoms with E-state index in [1.54, 1.807) is 31.2 Å². The third kappa shape index (κ3) is 5.56. The van der Waals surface area contributed by atoms with E-state index in [2.05, 4.69) is 5.32 Å². The molecule has 1 atom stereocenters. The SMILES string of the molecule is C[C@@H](NCCCOc1ccc(Cl)cc1)C(=O)O. The van der Waals surface area contributed by atoms with Crippen LogP contribution in [0.15, 0.2) is 24.3 Å². The molecule has 0 radical (unpaired) electrons. The number of carbonyl (C=O) groups is 1. The van der Waals surface area contributed by atoms with Crippen molar-refractivity contribution in [2.75, 3.05) is 13.2 Å². The van der Waals surface area contributed by atoms with E-state index in [4.69, 9.17) is 21.4 Å².